The van der Waals surface area contributed by atoms with Gasteiger partial charge in [0, 0.05) is 24.0 Å². The van der Waals surface area contributed by atoms with E-state index in [0.717, 1.165) is 17.0 Å². The first kappa shape index (κ1) is 10.7. The fourth-order valence-corrected chi connectivity index (χ4v) is 1.15. The summed E-state index contributed by atoms with van der Waals surface area (Å²) in [7, 11) is 1.75. The SMILES string of the molecule is CNC(=S)N/N=C/c1cc(C)[nH]c1C. The molecule has 0 fully saturated rings. The van der Waals surface area contributed by atoms with Gasteiger partial charge in [0.05, 0.1) is 6.21 Å². The van der Waals surface area contributed by atoms with Crippen LogP contribution in [0.2, 0.25) is 0 Å². The number of aryl methyl sites for hydroxylation is 2. The molecule has 0 aliphatic carbocycles. The van der Waals surface area contributed by atoms with Crippen LogP contribution in [0.3, 0.4) is 0 Å². The molecule has 0 unspecified atom stereocenters. The standard InChI is InChI=1S/C9H14N4S/c1-6-4-8(7(2)12-6)5-11-13-9(14)10-3/h4-5,12H,1-3H3,(H2,10,13,14)/b11-5+. The lowest BCUT2D eigenvalue weighted by Crippen LogP contribution is -2.28. The van der Waals surface area contributed by atoms with Crippen LogP contribution >= 0.6 is 12.2 Å². The Morgan fingerprint density at radius 3 is 2.79 bits per heavy atom. The molecule has 1 heterocycles. The van der Waals surface area contributed by atoms with Gasteiger partial charge in [-0.15, -0.1) is 0 Å². The van der Waals surface area contributed by atoms with Crippen LogP contribution in [0.1, 0.15) is 17.0 Å². The topological polar surface area (TPSA) is 52.2 Å². The highest BCUT2D eigenvalue weighted by molar-refractivity contribution is 7.80. The van der Waals surface area contributed by atoms with Gasteiger partial charge in [-0.25, -0.2) is 0 Å². The van der Waals surface area contributed by atoms with Crippen molar-refractivity contribution in [2.75, 3.05) is 7.05 Å². The number of aromatic nitrogens is 1. The molecule has 0 aliphatic heterocycles. The van der Waals surface area contributed by atoms with Gasteiger partial charge in [-0.2, -0.15) is 5.10 Å². The number of rotatable bonds is 2. The first-order valence-electron chi connectivity index (χ1n) is 4.30. The molecule has 0 aromatic carbocycles. The molecule has 5 heteroatoms. The molecule has 3 N–H and O–H groups in total. The van der Waals surface area contributed by atoms with Crippen LogP contribution in [-0.2, 0) is 0 Å². The molecule has 1 rings (SSSR count). The number of aromatic amines is 1. The van der Waals surface area contributed by atoms with Crippen molar-refractivity contribution in [3.05, 3.63) is 23.0 Å². The third kappa shape index (κ3) is 2.85. The number of thiocarbonyl (C=S) groups is 1. The third-order valence-electron chi connectivity index (χ3n) is 1.79. The summed E-state index contributed by atoms with van der Waals surface area (Å²) in [4.78, 5) is 3.19. The maximum absolute atomic E-state index is 4.86. The fourth-order valence-electron chi connectivity index (χ4n) is 1.10. The molecule has 0 amide bonds. The lowest BCUT2D eigenvalue weighted by atomic mass is 10.3. The van der Waals surface area contributed by atoms with Gasteiger partial charge in [0.15, 0.2) is 5.11 Å². The first-order valence-corrected chi connectivity index (χ1v) is 4.71. The Labute approximate surface area is 88.8 Å². The van der Waals surface area contributed by atoms with Crippen molar-refractivity contribution in [1.29, 1.82) is 0 Å². The molecule has 0 radical (unpaired) electrons. The van der Waals surface area contributed by atoms with E-state index in [1.165, 1.54) is 0 Å². The monoisotopic (exact) mass is 210 g/mol. The molecule has 4 nitrogen and oxygen atoms in total. The van der Waals surface area contributed by atoms with E-state index < -0.39 is 0 Å². The largest absolute Gasteiger partial charge is 0.364 e. The van der Waals surface area contributed by atoms with Crippen molar-refractivity contribution >= 4 is 23.5 Å². The zero-order valence-corrected chi connectivity index (χ0v) is 9.33. The van der Waals surface area contributed by atoms with E-state index in [2.05, 4.69) is 20.8 Å². The van der Waals surface area contributed by atoms with Gasteiger partial charge in [-0.3, -0.25) is 5.43 Å². The van der Waals surface area contributed by atoms with Crippen LogP contribution in [0.15, 0.2) is 11.2 Å². The Hall–Kier alpha value is -1.36. The smallest absolute Gasteiger partial charge is 0.186 e. The lowest BCUT2D eigenvalue weighted by molar-refractivity contribution is 0.981. The van der Waals surface area contributed by atoms with E-state index >= 15 is 0 Å². The maximum atomic E-state index is 4.86. The number of hydrogen-bond acceptors (Lipinski definition) is 2. The second-order valence-corrected chi connectivity index (χ2v) is 3.39. The zero-order chi connectivity index (χ0) is 10.6. The predicted molar refractivity (Wildman–Crippen MR) is 62.7 cm³/mol. The Morgan fingerprint density at radius 2 is 2.29 bits per heavy atom. The van der Waals surface area contributed by atoms with E-state index in [1.54, 1.807) is 13.3 Å². The van der Waals surface area contributed by atoms with E-state index in [9.17, 15) is 0 Å². The number of hydrogen-bond donors (Lipinski definition) is 3. The van der Waals surface area contributed by atoms with Crippen LogP contribution < -0.4 is 10.7 Å². The highest BCUT2D eigenvalue weighted by Gasteiger charge is 1.97. The van der Waals surface area contributed by atoms with Gasteiger partial charge in [-0.05, 0) is 32.1 Å². The van der Waals surface area contributed by atoms with Crippen molar-refractivity contribution < 1.29 is 0 Å². The maximum Gasteiger partial charge on any atom is 0.186 e. The fraction of sp³-hybridized carbons (Fsp3) is 0.333. The quantitative estimate of drug-likeness (QED) is 0.389. The molecule has 0 aliphatic rings. The minimum Gasteiger partial charge on any atom is -0.364 e. The molecular formula is C9H14N4S. The Bertz CT molecular complexity index is 354. The molecule has 0 spiro atoms. The molecular weight excluding hydrogens is 196 g/mol. The van der Waals surface area contributed by atoms with Crippen molar-refractivity contribution in [1.82, 2.24) is 15.7 Å². The normalized spacial score (nSPS) is 10.5. The third-order valence-corrected chi connectivity index (χ3v) is 2.08. The van der Waals surface area contributed by atoms with Crippen LogP contribution in [0, 0.1) is 13.8 Å². The van der Waals surface area contributed by atoms with Crippen molar-refractivity contribution in [3.8, 4) is 0 Å². The summed E-state index contributed by atoms with van der Waals surface area (Å²) in [6.07, 6.45) is 1.74. The average Bonchev–Trinajstić information content (AvgIpc) is 2.45. The number of H-pyrrole nitrogens is 1. The van der Waals surface area contributed by atoms with Crippen LogP contribution in [0.5, 0.6) is 0 Å². The van der Waals surface area contributed by atoms with Gasteiger partial charge in [-0.1, -0.05) is 0 Å². The van der Waals surface area contributed by atoms with Crippen LogP contribution in [-0.4, -0.2) is 23.4 Å². The van der Waals surface area contributed by atoms with E-state index in [0.29, 0.717) is 5.11 Å². The Balaban J connectivity index is 2.60. The molecule has 0 atom stereocenters. The van der Waals surface area contributed by atoms with Crippen molar-refractivity contribution in [2.45, 2.75) is 13.8 Å². The van der Waals surface area contributed by atoms with Crippen LogP contribution in [0.4, 0.5) is 0 Å². The second kappa shape index (κ2) is 4.76. The number of hydrazone groups is 1. The summed E-state index contributed by atoms with van der Waals surface area (Å²) in [6.45, 7) is 4.01. The first-order chi connectivity index (χ1) is 6.63. The Kier molecular flexibility index (Phi) is 3.64. The lowest BCUT2D eigenvalue weighted by Gasteiger charge is -1.98. The van der Waals surface area contributed by atoms with Gasteiger partial charge in [0.25, 0.3) is 0 Å². The van der Waals surface area contributed by atoms with Gasteiger partial charge in [0.1, 0.15) is 0 Å². The summed E-state index contributed by atoms with van der Waals surface area (Å²) in [6, 6.07) is 2.03. The summed E-state index contributed by atoms with van der Waals surface area (Å²) >= 11 is 4.86. The molecule has 0 saturated carbocycles. The summed E-state index contributed by atoms with van der Waals surface area (Å²) in [5, 5.41) is 7.26. The zero-order valence-electron chi connectivity index (χ0n) is 8.51. The minimum atomic E-state index is 0.506. The predicted octanol–water partition coefficient (Wildman–Crippen LogP) is 1.06. The van der Waals surface area contributed by atoms with Gasteiger partial charge < -0.3 is 10.3 Å². The average molecular weight is 210 g/mol. The number of nitrogens with one attached hydrogen (secondary N) is 3. The second-order valence-electron chi connectivity index (χ2n) is 2.98. The highest BCUT2D eigenvalue weighted by Crippen LogP contribution is 2.05. The molecule has 1 aromatic rings. The Morgan fingerprint density at radius 1 is 1.57 bits per heavy atom. The molecule has 1 aromatic heterocycles. The van der Waals surface area contributed by atoms with Gasteiger partial charge >= 0.3 is 0 Å². The molecule has 76 valence electrons. The van der Waals surface area contributed by atoms with Crippen LogP contribution in [0.25, 0.3) is 0 Å². The van der Waals surface area contributed by atoms with E-state index in [-0.39, 0.29) is 0 Å². The van der Waals surface area contributed by atoms with E-state index in [1.807, 2.05) is 19.9 Å². The summed E-state index contributed by atoms with van der Waals surface area (Å²) < 4.78 is 0. The molecule has 14 heavy (non-hydrogen) atoms. The van der Waals surface area contributed by atoms with Crippen molar-refractivity contribution in [2.24, 2.45) is 5.10 Å². The minimum absolute atomic E-state index is 0.506. The van der Waals surface area contributed by atoms with Gasteiger partial charge in [0.2, 0.25) is 0 Å². The highest BCUT2D eigenvalue weighted by atomic mass is 32.1. The summed E-state index contributed by atoms with van der Waals surface area (Å²) in [5.74, 6) is 0. The summed E-state index contributed by atoms with van der Waals surface area (Å²) in [5.41, 5.74) is 5.98. The number of nitrogens with zero attached hydrogens (tertiary/aromatic N) is 1. The van der Waals surface area contributed by atoms with E-state index in [4.69, 9.17) is 12.2 Å². The molecule has 0 saturated heterocycles. The molecule has 0 bridgehead atoms. The van der Waals surface area contributed by atoms with Crippen molar-refractivity contribution in [3.63, 3.8) is 0 Å².